The third kappa shape index (κ3) is 7.03. The summed E-state index contributed by atoms with van der Waals surface area (Å²) < 4.78 is 2.38. The van der Waals surface area contributed by atoms with Crippen molar-refractivity contribution in [2.45, 2.75) is 0 Å². The lowest BCUT2D eigenvalue weighted by Crippen LogP contribution is -2.10. The molecule has 0 aliphatic carbocycles. The Bertz CT molecular complexity index is 4300. The van der Waals surface area contributed by atoms with Gasteiger partial charge in [-0.3, -0.25) is 0 Å². The van der Waals surface area contributed by atoms with Crippen LogP contribution in [0, 0.1) is 0 Å². The number of aromatic nitrogens is 1. The van der Waals surface area contributed by atoms with Gasteiger partial charge in [-0.25, -0.2) is 0 Å². The van der Waals surface area contributed by atoms with Crippen LogP contribution in [-0.2, 0) is 0 Å². The van der Waals surface area contributed by atoms with E-state index in [1.54, 1.807) is 0 Å². The lowest BCUT2D eigenvalue weighted by Gasteiger charge is -2.26. The SMILES string of the molecule is c1ccc(-n2c3ccccc3c3cc(N(c4ccc(-c5ccc6ccccc6c5)cc4)c4ccc(-c5c6ccccc6c(-c6ccc(-c7ccc8ccccc8c7)cc6)c6ccccc56)cc4)ccc32)cc1. The molecule has 0 bridgehead atoms. The first kappa shape index (κ1) is 41.5. The largest absolute Gasteiger partial charge is 0.310 e. The van der Waals surface area contributed by atoms with Crippen molar-refractivity contribution < 1.29 is 0 Å². The summed E-state index contributed by atoms with van der Waals surface area (Å²) in [5.41, 5.74) is 16.5. The van der Waals surface area contributed by atoms with Crippen LogP contribution in [0.1, 0.15) is 0 Å². The highest BCUT2D eigenvalue weighted by molar-refractivity contribution is 6.21. The van der Waals surface area contributed by atoms with Crippen molar-refractivity contribution in [3.63, 3.8) is 0 Å². The topological polar surface area (TPSA) is 8.17 Å². The average molecular weight is 915 g/mol. The third-order valence-corrected chi connectivity index (χ3v) is 14.7. The molecule has 0 aliphatic rings. The van der Waals surface area contributed by atoms with E-state index in [1.807, 2.05) is 0 Å². The highest BCUT2D eigenvalue weighted by atomic mass is 15.1. The zero-order valence-electron chi connectivity index (χ0n) is 39.5. The predicted molar refractivity (Wildman–Crippen MR) is 307 cm³/mol. The average Bonchev–Trinajstić information content (AvgIpc) is 3.78. The minimum absolute atomic E-state index is 1.08. The second-order valence-corrected chi connectivity index (χ2v) is 18.9. The van der Waals surface area contributed by atoms with Crippen LogP contribution in [0.25, 0.3) is 115 Å². The molecule has 0 spiro atoms. The minimum atomic E-state index is 1.08. The molecule has 0 atom stereocenters. The van der Waals surface area contributed by atoms with E-state index >= 15 is 0 Å². The first-order valence-corrected chi connectivity index (χ1v) is 24.8. The van der Waals surface area contributed by atoms with Gasteiger partial charge in [0.15, 0.2) is 0 Å². The summed E-state index contributed by atoms with van der Waals surface area (Å²) in [6, 6.07) is 102. The van der Waals surface area contributed by atoms with Crippen LogP contribution in [0.15, 0.2) is 279 Å². The second-order valence-electron chi connectivity index (χ2n) is 18.9. The highest BCUT2D eigenvalue weighted by Gasteiger charge is 2.20. The van der Waals surface area contributed by atoms with Crippen molar-refractivity contribution in [3.8, 4) is 50.2 Å². The molecule has 1 heterocycles. The summed E-state index contributed by atoms with van der Waals surface area (Å²) >= 11 is 0. The molecule has 0 amide bonds. The fourth-order valence-electron chi connectivity index (χ4n) is 11.3. The van der Waals surface area contributed by atoms with Crippen molar-refractivity contribution in [2.75, 3.05) is 4.90 Å². The molecular weight excluding hydrogens is 869 g/mol. The van der Waals surface area contributed by atoms with Crippen molar-refractivity contribution in [3.05, 3.63) is 279 Å². The van der Waals surface area contributed by atoms with E-state index in [2.05, 4.69) is 289 Å². The van der Waals surface area contributed by atoms with Gasteiger partial charge in [-0.2, -0.15) is 0 Å². The number of anilines is 3. The van der Waals surface area contributed by atoms with Crippen molar-refractivity contribution >= 4 is 82.0 Å². The molecule has 13 aromatic carbocycles. The van der Waals surface area contributed by atoms with E-state index in [1.165, 1.54) is 109 Å². The van der Waals surface area contributed by atoms with Crippen molar-refractivity contribution in [1.29, 1.82) is 0 Å². The van der Waals surface area contributed by atoms with Gasteiger partial charge in [-0.15, -0.1) is 0 Å². The van der Waals surface area contributed by atoms with Gasteiger partial charge in [-0.1, -0.05) is 206 Å². The summed E-state index contributed by atoms with van der Waals surface area (Å²) in [5.74, 6) is 0. The van der Waals surface area contributed by atoms with Crippen molar-refractivity contribution in [1.82, 2.24) is 4.57 Å². The monoisotopic (exact) mass is 914 g/mol. The summed E-state index contributed by atoms with van der Waals surface area (Å²) in [4.78, 5) is 2.41. The predicted octanol–water partition coefficient (Wildman–Crippen LogP) is 19.5. The maximum atomic E-state index is 2.41. The van der Waals surface area contributed by atoms with E-state index < -0.39 is 0 Å². The number of rotatable bonds is 8. The fourth-order valence-corrected chi connectivity index (χ4v) is 11.3. The maximum absolute atomic E-state index is 2.41. The fraction of sp³-hybridized carbons (Fsp3) is 0. The van der Waals surface area contributed by atoms with E-state index in [0.29, 0.717) is 0 Å². The number of hydrogen-bond acceptors (Lipinski definition) is 1. The molecule has 2 heteroatoms. The van der Waals surface area contributed by atoms with Gasteiger partial charge < -0.3 is 9.47 Å². The molecule has 0 radical (unpaired) electrons. The number of nitrogens with zero attached hydrogens (tertiary/aromatic N) is 2. The van der Waals surface area contributed by atoms with Crippen LogP contribution in [0.2, 0.25) is 0 Å². The first-order chi connectivity index (χ1) is 35.7. The van der Waals surface area contributed by atoms with E-state index in [-0.39, 0.29) is 0 Å². The van der Waals surface area contributed by atoms with Gasteiger partial charge in [0.1, 0.15) is 0 Å². The Labute approximate surface area is 418 Å². The number of benzene rings is 13. The van der Waals surface area contributed by atoms with Crippen LogP contribution in [-0.4, -0.2) is 4.57 Å². The number of fused-ring (bicyclic) bond motifs is 7. The minimum Gasteiger partial charge on any atom is -0.310 e. The van der Waals surface area contributed by atoms with Crippen LogP contribution >= 0.6 is 0 Å². The molecule has 0 saturated carbocycles. The summed E-state index contributed by atoms with van der Waals surface area (Å²) in [5, 5.41) is 12.4. The van der Waals surface area contributed by atoms with Gasteiger partial charge in [0.25, 0.3) is 0 Å². The van der Waals surface area contributed by atoms with Crippen molar-refractivity contribution in [2.24, 2.45) is 0 Å². The molecular formula is C70H46N2. The Kier molecular flexibility index (Phi) is 9.89. The molecule has 72 heavy (non-hydrogen) atoms. The Hall–Kier alpha value is -9.50. The number of para-hydroxylation sites is 2. The molecule has 14 aromatic rings. The van der Waals surface area contributed by atoms with Gasteiger partial charge in [0.05, 0.1) is 11.0 Å². The van der Waals surface area contributed by atoms with Gasteiger partial charge in [0.2, 0.25) is 0 Å². The molecule has 0 unspecified atom stereocenters. The molecule has 14 rings (SSSR count). The molecule has 336 valence electrons. The molecule has 2 nitrogen and oxygen atoms in total. The lowest BCUT2D eigenvalue weighted by molar-refractivity contribution is 1.18. The van der Waals surface area contributed by atoms with Gasteiger partial charge >= 0.3 is 0 Å². The van der Waals surface area contributed by atoms with Gasteiger partial charge in [0, 0.05) is 33.5 Å². The van der Waals surface area contributed by atoms with Crippen LogP contribution in [0.4, 0.5) is 17.1 Å². The molecule has 0 fully saturated rings. The Morgan fingerprint density at radius 2 is 0.597 bits per heavy atom. The van der Waals surface area contributed by atoms with Crippen LogP contribution in [0.5, 0.6) is 0 Å². The zero-order chi connectivity index (χ0) is 47.5. The number of hydrogen-bond donors (Lipinski definition) is 0. The van der Waals surface area contributed by atoms with Crippen LogP contribution < -0.4 is 4.90 Å². The Balaban J connectivity index is 0.890. The smallest absolute Gasteiger partial charge is 0.0542 e. The summed E-state index contributed by atoms with van der Waals surface area (Å²) in [6.07, 6.45) is 0. The zero-order valence-corrected chi connectivity index (χ0v) is 39.5. The summed E-state index contributed by atoms with van der Waals surface area (Å²) in [7, 11) is 0. The maximum Gasteiger partial charge on any atom is 0.0542 e. The quantitative estimate of drug-likeness (QED) is 0.138. The molecule has 0 N–H and O–H groups in total. The molecule has 1 aromatic heterocycles. The Morgan fingerprint density at radius 3 is 1.12 bits per heavy atom. The van der Waals surface area contributed by atoms with Crippen LogP contribution in [0.3, 0.4) is 0 Å². The first-order valence-electron chi connectivity index (χ1n) is 24.8. The normalized spacial score (nSPS) is 11.6. The molecule has 0 saturated heterocycles. The highest BCUT2D eigenvalue weighted by Crippen LogP contribution is 2.46. The standard InChI is InChI=1S/C70H46N2/c1-2-18-57(19-3-1)72-67-25-13-12-20-61(67)66-46-60(42-43-68(66)72)71(58-38-34-50(35-39-58)56-33-29-48-15-5-7-17-54(48)45-56)59-40-36-52(37-41-59)70-64-23-10-8-21-62(64)69(63-22-9-11-24-65(63)70)51-30-26-49(27-31-51)55-32-28-47-14-4-6-16-53(47)44-55/h1-46H. The van der Waals surface area contributed by atoms with E-state index in [0.717, 1.165) is 22.7 Å². The summed E-state index contributed by atoms with van der Waals surface area (Å²) in [6.45, 7) is 0. The Morgan fingerprint density at radius 1 is 0.222 bits per heavy atom. The third-order valence-electron chi connectivity index (χ3n) is 14.7. The van der Waals surface area contributed by atoms with E-state index in [4.69, 9.17) is 0 Å². The van der Waals surface area contributed by atoms with E-state index in [9.17, 15) is 0 Å². The lowest BCUT2D eigenvalue weighted by atomic mass is 9.85. The molecule has 0 aliphatic heterocycles. The second kappa shape index (κ2) is 17.2. The van der Waals surface area contributed by atoms with Gasteiger partial charge in [-0.05, 0) is 160 Å².